The molecule has 2 aromatic carbocycles. The summed E-state index contributed by atoms with van der Waals surface area (Å²) in [5.74, 6) is -0.830. The summed E-state index contributed by atoms with van der Waals surface area (Å²) in [5.41, 5.74) is -0.750. The van der Waals surface area contributed by atoms with Gasteiger partial charge in [0.05, 0.1) is 22.6 Å². The summed E-state index contributed by atoms with van der Waals surface area (Å²) in [6.07, 6.45) is 0. The van der Waals surface area contributed by atoms with E-state index in [4.69, 9.17) is 4.74 Å². The number of sulfonamides is 1. The van der Waals surface area contributed by atoms with Gasteiger partial charge in [0.25, 0.3) is 10.0 Å². The predicted octanol–water partition coefficient (Wildman–Crippen LogP) is 2.54. The number of halogens is 1. The Balaban J connectivity index is 2.43. The minimum Gasteiger partial charge on any atom is -0.495 e. The molecule has 0 aliphatic carbocycles. The second-order valence-corrected chi connectivity index (χ2v) is 5.86. The van der Waals surface area contributed by atoms with Gasteiger partial charge in [-0.25, -0.2) is 8.42 Å². The Kier molecular flexibility index (Phi) is 4.27. The average molecular weight is 326 g/mol. The van der Waals surface area contributed by atoms with E-state index in [2.05, 4.69) is 4.72 Å². The zero-order valence-corrected chi connectivity index (χ0v) is 12.1. The molecular formula is C13H11FN2O5S. The summed E-state index contributed by atoms with van der Waals surface area (Å²) in [4.78, 5) is 9.28. The van der Waals surface area contributed by atoms with E-state index in [9.17, 15) is 22.9 Å². The monoisotopic (exact) mass is 326 g/mol. The molecule has 0 heterocycles. The average Bonchev–Trinajstić information content (AvgIpc) is 2.47. The van der Waals surface area contributed by atoms with Crippen molar-refractivity contribution in [2.45, 2.75) is 4.90 Å². The van der Waals surface area contributed by atoms with Crippen molar-refractivity contribution in [3.63, 3.8) is 0 Å². The summed E-state index contributed by atoms with van der Waals surface area (Å²) in [6, 6.07) is 8.59. The van der Waals surface area contributed by atoms with Gasteiger partial charge in [-0.3, -0.25) is 14.8 Å². The van der Waals surface area contributed by atoms with Crippen LogP contribution in [-0.2, 0) is 10.0 Å². The van der Waals surface area contributed by atoms with Crippen LogP contribution in [0.4, 0.5) is 15.8 Å². The van der Waals surface area contributed by atoms with E-state index in [1.807, 2.05) is 0 Å². The maximum atomic E-state index is 13.3. The van der Waals surface area contributed by atoms with E-state index < -0.39 is 31.3 Å². The summed E-state index contributed by atoms with van der Waals surface area (Å²) >= 11 is 0. The van der Waals surface area contributed by atoms with Crippen LogP contribution in [0.25, 0.3) is 0 Å². The van der Waals surface area contributed by atoms with Gasteiger partial charge in [-0.05, 0) is 24.3 Å². The van der Waals surface area contributed by atoms with Gasteiger partial charge in [0.15, 0.2) is 0 Å². The van der Waals surface area contributed by atoms with Crippen LogP contribution in [-0.4, -0.2) is 20.5 Å². The molecule has 7 nitrogen and oxygen atoms in total. The molecule has 22 heavy (non-hydrogen) atoms. The largest absolute Gasteiger partial charge is 0.495 e. The SMILES string of the molecule is COc1ccccc1NS(=O)(=O)c1ccc(F)c([N+](=O)[O-])c1. The highest BCUT2D eigenvalue weighted by Crippen LogP contribution is 2.27. The molecule has 2 rings (SSSR count). The van der Waals surface area contributed by atoms with Crippen molar-refractivity contribution < 1.29 is 22.5 Å². The van der Waals surface area contributed by atoms with E-state index in [1.54, 1.807) is 18.2 Å². The van der Waals surface area contributed by atoms with Gasteiger partial charge in [-0.15, -0.1) is 0 Å². The first-order valence-corrected chi connectivity index (χ1v) is 7.43. The fourth-order valence-corrected chi connectivity index (χ4v) is 2.82. The number of benzene rings is 2. The molecule has 0 unspecified atom stereocenters. The lowest BCUT2D eigenvalue weighted by Crippen LogP contribution is -2.14. The molecule has 0 spiro atoms. The van der Waals surface area contributed by atoms with Gasteiger partial charge in [0.2, 0.25) is 5.82 Å². The summed E-state index contributed by atoms with van der Waals surface area (Å²) < 4.78 is 45.0. The zero-order valence-electron chi connectivity index (χ0n) is 11.3. The van der Waals surface area contributed by atoms with E-state index in [0.29, 0.717) is 6.07 Å². The number of hydrogen-bond acceptors (Lipinski definition) is 5. The first kappa shape index (κ1) is 15.7. The number of nitrogens with one attached hydrogen (secondary N) is 1. The Labute approximate surface area is 125 Å². The number of nitrogens with zero attached hydrogens (tertiary/aromatic N) is 1. The number of methoxy groups -OCH3 is 1. The fourth-order valence-electron chi connectivity index (χ4n) is 1.73. The minimum absolute atomic E-state index is 0.164. The van der Waals surface area contributed by atoms with Crippen molar-refractivity contribution in [3.8, 4) is 5.75 Å². The Hall–Kier alpha value is -2.68. The Morgan fingerprint density at radius 3 is 2.55 bits per heavy atom. The third kappa shape index (κ3) is 3.14. The third-order valence-electron chi connectivity index (χ3n) is 2.78. The van der Waals surface area contributed by atoms with Crippen LogP contribution in [0.15, 0.2) is 47.4 Å². The maximum Gasteiger partial charge on any atom is 0.306 e. The molecule has 0 radical (unpaired) electrons. The molecule has 0 bridgehead atoms. The Morgan fingerprint density at radius 1 is 1.23 bits per heavy atom. The van der Waals surface area contributed by atoms with Crippen LogP contribution in [0.5, 0.6) is 5.75 Å². The highest BCUT2D eigenvalue weighted by Gasteiger charge is 2.22. The first-order valence-electron chi connectivity index (χ1n) is 5.95. The molecular weight excluding hydrogens is 315 g/mol. The summed E-state index contributed by atoms with van der Waals surface area (Å²) in [7, 11) is -2.75. The van der Waals surface area contributed by atoms with Gasteiger partial charge in [0, 0.05) is 6.07 Å². The van der Waals surface area contributed by atoms with Gasteiger partial charge in [0.1, 0.15) is 5.75 Å². The molecule has 116 valence electrons. The van der Waals surface area contributed by atoms with E-state index in [0.717, 1.165) is 12.1 Å². The molecule has 0 aliphatic rings. The molecule has 0 atom stereocenters. The van der Waals surface area contributed by atoms with Crippen molar-refractivity contribution in [1.29, 1.82) is 0 Å². The number of rotatable bonds is 5. The third-order valence-corrected chi connectivity index (χ3v) is 4.14. The number of nitro groups is 1. The van der Waals surface area contributed by atoms with E-state index >= 15 is 0 Å². The highest BCUT2D eigenvalue weighted by molar-refractivity contribution is 7.92. The maximum absolute atomic E-state index is 13.3. The lowest BCUT2D eigenvalue weighted by atomic mass is 10.3. The van der Waals surface area contributed by atoms with Crippen molar-refractivity contribution in [1.82, 2.24) is 0 Å². The summed E-state index contributed by atoms with van der Waals surface area (Å²) in [6.45, 7) is 0. The molecule has 0 saturated carbocycles. The van der Waals surface area contributed by atoms with Crippen LogP contribution in [0.1, 0.15) is 0 Å². The predicted molar refractivity (Wildman–Crippen MR) is 76.9 cm³/mol. The smallest absolute Gasteiger partial charge is 0.306 e. The van der Waals surface area contributed by atoms with Gasteiger partial charge >= 0.3 is 5.69 Å². The topological polar surface area (TPSA) is 98.5 Å². The Morgan fingerprint density at radius 2 is 1.91 bits per heavy atom. The normalized spacial score (nSPS) is 11.0. The number of para-hydroxylation sites is 2. The zero-order chi connectivity index (χ0) is 16.3. The van der Waals surface area contributed by atoms with E-state index in [1.165, 1.54) is 13.2 Å². The quantitative estimate of drug-likeness (QED) is 0.672. The van der Waals surface area contributed by atoms with Gasteiger partial charge in [-0.2, -0.15) is 4.39 Å². The van der Waals surface area contributed by atoms with Crippen LogP contribution < -0.4 is 9.46 Å². The standard InChI is InChI=1S/C13H11FN2O5S/c1-21-13-5-3-2-4-11(13)15-22(19,20)9-6-7-10(14)12(8-9)16(17)18/h2-8,15H,1H3. The van der Waals surface area contributed by atoms with Gasteiger partial charge < -0.3 is 4.74 Å². The minimum atomic E-state index is -4.12. The Bertz CT molecular complexity index is 823. The van der Waals surface area contributed by atoms with Crippen LogP contribution in [0, 0.1) is 15.9 Å². The number of hydrogen-bond donors (Lipinski definition) is 1. The lowest BCUT2D eigenvalue weighted by molar-refractivity contribution is -0.387. The second kappa shape index (κ2) is 5.98. The molecule has 0 saturated heterocycles. The van der Waals surface area contributed by atoms with Crippen LogP contribution in [0.3, 0.4) is 0 Å². The lowest BCUT2D eigenvalue weighted by Gasteiger charge is -2.11. The highest BCUT2D eigenvalue weighted by atomic mass is 32.2. The van der Waals surface area contributed by atoms with Crippen molar-refractivity contribution in [3.05, 3.63) is 58.4 Å². The molecule has 0 fully saturated rings. The van der Waals surface area contributed by atoms with Gasteiger partial charge in [-0.1, -0.05) is 12.1 Å². The molecule has 0 amide bonds. The molecule has 2 aromatic rings. The van der Waals surface area contributed by atoms with Crippen molar-refractivity contribution in [2.24, 2.45) is 0 Å². The second-order valence-electron chi connectivity index (χ2n) is 4.18. The number of anilines is 1. The van der Waals surface area contributed by atoms with Crippen LogP contribution in [0.2, 0.25) is 0 Å². The number of ether oxygens (including phenoxy) is 1. The fraction of sp³-hybridized carbons (Fsp3) is 0.0769. The summed E-state index contributed by atoms with van der Waals surface area (Å²) in [5, 5.41) is 10.7. The molecule has 0 aromatic heterocycles. The van der Waals surface area contributed by atoms with Crippen molar-refractivity contribution >= 4 is 21.4 Å². The number of nitro benzene ring substituents is 1. The van der Waals surface area contributed by atoms with Crippen molar-refractivity contribution in [2.75, 3.05) is 11.8 Å². The molecule has 1 N–H and O–H groups in total. The first-order chi connectivity index (χ1) is 10.3. The molecule has 0 aliphatic heterocycles. The van der Waals surface area contributed by atoms with Crippen LogP contribution >= 0.6 is 0 Å². The molecule has 9 heteroatoms. The van der Waals surface area contributed by atoms with E-state index in [-0.39, 0.29) is 11.4 Å².